The van der Waals surface area contributed by atoms with Gasteiger partial charge in [-0.25, -0.2) is 9.97 Å². The Hall–Kier alpha value is -9.28. The van der Waals surface area contributed by atoms with Crippen LogP contribution in [0.4, 0.5) is 0 Å². The van der Waals surface area contributed by atoms with Gasteiger partial charge in [-0.3, -0.25) is 53.3 Å². The molecule has 2 aliphatic rings. The third-order valence-electron chi connectivity index (χ3n) is 16.4. The number of amides is 8. The molecular formula is C61H80N16O12. The molecule has 6 aromatic rings. The molecule has 0 saturated carbocycles. The molecule has 28 heteroatoms. The Morgan fingerprint density at radius 2 is 1.10 bits per heavy atom. The van der Waals surface area contributed by atoms with Gasteiger partial charge in [-0.05, 0) is 87.1 Å². The van der Waals surface area contributed by atoms with E-state index in [-0.39, 0.29) is 82.5 Å². The van der Waals surface area contributed by atoms with Gasteiger partial charge in [0.25, 0.3) is 0 Å². The van der Waals surface area contributed by atoms with Crippen molar-refractivity contribution in [3.63, 3.8) is 0 Å². The number of hydrogen-bond acceptors (Lipinski definition) is 15. The number of aliphatic hydroxyl groups excluding tert-OH is 1. The average Bonchev–Trinajstić information content (AvgIpc) is 2.33. The summed E-state index contributed by atoms with van der Waals surface area (Å²) in [5.41, 5.74) is 8.07. The van der Waals surface area contributed by atoms with Gasteiger partial charge in [-0.15, -0.1) is 0 Å². The molecule has 4 aromatic heterocycles. The maximum atomic E-state index is 14.8. The van der Waals surface area contributed by atoms with Crippen molar-refractivity contribution in [2.75, 3.05) is 13.2 Å². The number of aliphatic hydroxyl groups is 1. The summed E-state index contributed by atoms with van der Waals surface area (Å²) < 4.78 is 0. The average molecular weight is 1230 g/mol. The van der Waals surface area contributed by atoms with Crippen LogP contribution in [0.3, 0.4) is 0 Å². The van der Waals surface area contributed by atoms with Gasteiger partial charge >= 0.3 is 5.97 Å². The van der Waals surface area contributed by atoms with E-state index in [4.69, 9.17) is 5.73 Å². The number of carbonyl (C=O) groups is 10. The SMILES string of the molecule is CC[C@@]1(C(=O)O)CCC(C(=O)[C@H](CCCCN)NC(=O)[C@H](Cc2c[nH]c3ccccc23)NC(=O)[C@@H](CC(C)C)NC(=O)[C@H](Cc2cnc[nH]2)NC(=O)[C@H](CO)NC(=O)[C@H](Cc2c[nH]c3ccccc23)NC(=O)[C@H](Cc2cnc[nH]2)NC(=O)[C@@H]2CCC(=O)N2)N1. The molecule has 0 radical (unpaired) electrons. The number of para-hydroxylation sites is 2. The number of unbranched alkanes of at least 4 members (excludes halogenated alkanes) is 1. The van der Waals surface area contributed by atoms with Crippen molar-refractivity contribution in [1.29, 1.82) is 0 Å². The number of hydrogen-bond donors (Lipinski definition) is 16. The van der Waals surface area contributed by atoms with E-state index < -0.39 is 120 Å². The third kappa shape index (κ3) is 17.1. The molecule has 476 valence electrons. The van der Waals surface area contributed by atoms with Crippen LogP contribution in [0.1, 0.15) is 101 Å². The number of Topliss-reactive ketones (excluding diaryl/α,β-unsaturated/α-hetero) is 1. The maximum Gasteiger partial charge on any atom is 0.323 e. The lowest BCUT2D eigenvalue weighted by Crippen LogP contribution is -2.61. The number of carboxylic acids is 1. The van der Waals surface area contributed by atoms with Crippen molar-refractivity contribution in [2.24, 2.45) is 11.7 Å². The van der Waals surface area contributed by atoms with E-state index in [0.29, 0.717) is 41.9 Å². The summed E-state index contributed by atoms with van der Waals surface area (Å²) >= 11 is 0. The number of carbonyl (C=O) groups excluding carboxylic acids is 9. The van der Waals surface area contributed by atoms with Crippen LogP contribution in [-0.2, 0) is 73.6 Å². The summed E-state index contributed by atoms with van der Waals surface area (Å²) in [6.07, 6.45) is 10.6. The standard InChI is InChI=1S/C61H80N16O12/c1-4-61(60(88)89)19-18-43(77-61)52(80)42(15-9-10-20-62)70-55(83)46(22-34-26-65-40-13-7-5-11-38(34)40)72-54(82)45(21-33(2)3)71-57(85)49(25-37-29-64-32-68-37)75-59(87)50(30-78)76-56(84)47(23-35-27-66-41-14-8-6-12-39(35)41)73-58(86)48(24-36-28-63-31-67-36)74-53(81)44-16-17-51(79)69-44/h5-8,11-14,26-29,31-33,42-50,65-66,77-78H,4,9-10,15-25,30,62H2,1-3H3,(H,63,67)(H,64,68)(H,69,79)(H,70,83)(H,71,85)(H,72,82)(H,73,86)(H,74,81)(H,75,87)(H,76,84)(H,88,89)/t42-,43?,44-,45+,46-,47-,48-,49-,50-,61-/m0/s1. The zero-order chi connectivity index (χ0) is 63.8. The number of imidazole rings is 2. The first-order valence-corrected chi connectivity index (χ1v) is 30.1. The molecule has 10 atom stereocenters. The monoisotopic (exact) mass is 1230 g/mol. The first-order valence-electron chi connectivity index (χ1n) is 30.1. The van der Waals surface area contributed by atoms with Crippen LogP contribution < -0.4 is 53.6 Å². The van der Waals surface area contributed by atoms with Gasteiger partial charge in [0, 0.05) is 90.1 Å². The second-order valence-corrected chi connectivity index (χ2v) is 23.3. The number of aliphatic carboxylic acids is 1. The van der Waals surface area contributed by atoms with Crippen molar-refractivity contribution in [2.45, 2.75) is 164 Å². The number of nitrogens with two attached hydrogens (primary N) is 1. The Labute approximate surface area is 512 Å². The summed E-state index contributed by atoms with van der Waals surface area (Å²) in [4.78, 5) is 160. The van der Waals surface area contributed by atoms with E-state index in [1.165, 1.54) is 25.0 Å². The van der Waals surface area contributed by atoms with Gasteiger partial charge in [0.1, 0.15) is 47.8 Å². The lowest BCUT2D eigenvalue weighted by atomic mass is 9.94. The molecule has 17 N–H and O–H groups in total. The van der Waals surface area contributed by atoms with E-state index >= 15 is 0 Å². The minimum atomic E-state index is -1.74. The second-order valence-electron chi connectivity index (χ2n) is 23.3. The number of nitrogens with one attached hydrogen (secondary N) is 13. The summed E-state index contributed by atoms with van der Waals surface area (Å²) in [5.74, 6) is -7.83. The summed E-state index contributed by atoms with van der Waals surface area (Å²) in [6, 6.07) is 3.01. The molecule has 2 fully saturated rings. The molecule has 8 amide bonds. The third-order valence-corrected chi connectivity index (χ3v) is 16.4. The van der Waals surface area contributed by atoms with Crippen LogP contribution in [-0.4, -0.2) is 172 Å². The number of fused-ring (bicyclic) bond motifs is 2. The molecule has 8 rings (SSSR count). The fourth-order valence-corrected chi connectivity index (χ4v) is 11.4. The maximum absolute atomic E-state index is 14.8. The quantitative estimate of drug-likeness (QED) is 0.0237. The predicted molar refractivity (Wildman–Crippen MR) is 325 cm³/mol. The minimum Gasteiger partial charge on any atom is -0.480 e. The molecule has 2 aromatic carbocycles. The Morgan fingerprint density at radius 3 is 1.56 bits per heavy atom. The summed E-state index contributed by atoms with van der Waals surface area (Å²) in [7, 11) is 0. The molecule has 1 unspecified atom stereocenters. The molecule has 2 saturated heterocycles. The summed E-state index contributed by atoms with van der Waals surface area (Å²) in [5, 5.41) is 47.1. The number of H-pyrrole nitrogens is 4. The smallest absolute Gasteiger partial charge is 0.323 e. The van der Waals surface area contributed by atoms with Gasteiger partial charge in [0.05, 0.1) is 31.3 Å². The van der Waals surface area contributed by atoms with Crippen LogP contribution in [0.2, 0.25) is 0 Å². The molecule has 0 bridgehead atoms. The summed E-state index contributed by atoms with van der Waals surface area (Å²) in [6.45, 7) is 4.67. The van der Waals surface area contributed by atoms with Crippen LogP contribution in [0.25, 0.3) is 21.8 Å². The molecular weight excluding hydrogens is 1150 g/mol. The fraction of sp³-hybridized carbons (Fsp3) is 0.475. The highest BCUT2D eigenvalue weighted by Gasteiger charge is 2.47. The Bertz CT molecular complexity index is 3460. The van der Waals surface area contributed by atoms with Crippen LogP contribution in [0, 0.1) is 5.92 Å². The van der Waals surface area contributed by atoms with E-state index in [1.54, 1.807) is 25.4 Å². The van der Waals surface area contributed by atoms with Crippen molar-refractivity contribution in [3.8, 4) is 0 Å². The van der Waals surface area contributed by atoms with Crippen molar-refractivity contribution < 1.29 is 58.2 Å². The van der Waals surface area contributed by atoms with Gasteiger partial charge in [-0.2, -0.15) is 0 Å². The van der Waals surface area contributed by atoms with Gasteiger partial charge in [0.15, 0.2) is 5.78 Å². The van der Waals surface area contributed by atoms with Gasteiger partial charge in [-0.1, -0.05) is 57.2 Å². The number of ketones is 1. The topological polar surface area (TPSA) is 434 Å². The fourth-order valence-electron chi connectivity index (χ4n) is 11.4. The molecule has 6 heterocycles. The highest BCUT2D eigenvalue weighted by Crippen LogP contribution is 2.29. The van der Waals surface area contributed by atoms with Crippen LogP contribution >= 0.6 is 0 Å². The Kier molecular flexibility index (Phi) is 22.6. The predicted octanol–water partition coefficient (Wildman–Crippen LogP) is -0.240. The first-order chi connectivity index (χ1) is 42.8. The second kappa shape index (κ2) is 30.6. The largest absolute Gasteiger partial charge is 0.480 e. The number of carboxylic acid groups (broad SMARTS) is 1. The van der Waals surface area contributed by atoms with Gasteiger partial charge in [0.2, 0.25) is 47.3 Å². The zero-order valence-electron chi connectivity index (χ0n) is 49.9. The van der Waals surface area contributed by atoms with E-state index in [9.17, 15) is 58.2 Å². The lowest BCUT2D eigenvalue weighted by molar-refractivity contribution is -0.144. The number of benzene rings is 2. The zero-order valence-corrected chi connectivity index (χ0v) is 49.9. The van der Waals surface area contributed by atoms with Crippen LogP contribution in [0.5, 0.6) is 0 Å². The van der Waals surface area contributed by atoms with E-state index in [0.717, 1.165) is 21.8 Å². The highest BCUT2D eigenvalue weighted by atomic mass is 16.4. The minimum absolute atomic E-state index is 0.0302. The molecule has 28 nitrogen and oxygen atoms in total. The normalized spacial score (nSPS) is 18.8. The van der Waals surface area contributed by atoms with E-state index in [2.05, 4.69) is 77.8 Å². The lowest BCUT2D eigenvalue weighted by Gasteiger charge is -2.29. The number of aromatic amines is 4. The molecule has 0 aliphatic carbocycles. The highest BCUT2D eigenvalue weighted by molar-refractivity contribution is 6.00. The van der Waals surface area contributed by atoms with Crippen LogP contribution in [0.15, 0.2) is 86.0 Å². The van der Waals surface area contributed by atoms with Crippen molar-refractivity contribution in [1.82, 2.24) is 77.8 Å². The Balaban J connectivity index is 1.01. The molecule has 0 spiro atoms. The number of rotatable bonds is 33. The van der Waals surface area contributed by atoms with Gasteiger partial charge < -0.3 is 78.4 Å². The molecule has 89 heavy (non-hydrogen) atoms. The first kappa shape index (κ1) is 65.7. The number of nitrogens with zero attached hydrogens (tertiary/aromatic N) is 2. The van der Waals surface area contributed by atoms with E-state index in [1.807, 2.05) is 56.3 Å². The molecule has 2 aliphatic heterocycles. The number of aromatic nitrogens is 6. The Morgan fingerprint density at radius 1 is 0.618 bits per heavy atom. The van der Waals surface area contributed by atoms with Crippen molar-refractivity contribution in [3.05, 3.63) is 108 Å². The van der Waals surface area contributed by atoms with Crippen molar-refractivity contribution >= 4 is 80.8 Å².